The molecule has 0 bridgehead atoms. The summed E-state index contributed by atoms with van der Waals surface area (Å²) in [5.74, 6) is 0. The van der Waals surface area contributed by atoms with Gasteiger partial charge in [-0.3, -0.25) is 0 Å². The number of hydrogen-bond donors (Lipinski definition) is 0. The van der Waals surface area contributed by atoms with E-state index in [0.29, 0.717) is 0 Å². The van der Waals surface area contributed by atoms with Gasteiger partial charge >= 0.3 is 0 Å². The maximum Gasteiger partial charge on any atom is 0.0631 e. The van der Waals surface area contributed by atoms with E-state index in [1.54, 1.807) is 0 Å². The fourth-order valence-electron chi connectivity index (χ4n) is 8.65. The number of thiophene rings is 1. The molecule has 1 aromatic heterocycles. The first-order chi connectivity index (χ1) is 25.0. The van der Waals surface area contributed by atoms with Crippen LogP contribution in [0.3, 0.4) is 0 Å². The minimum absolute atomic E-state index is 0.0749. The first-order valence-corrected chi connectivity index (χ1v) is 18.8. The van der Waals surface area contributed by atoms with Crippen LogP contribution in [0, 0.1) is 0 Å². The third-order valence-electron chi connectivity index (χ3n) is 11.2. The number of rotatable bonds is 5. The van der Waals surface area contributed by atoms with Gasteiger partial charge in [-0.1, -0.05) is 147 Å². The van der Waals surface area contributed by atoms with E-state index in [2.05, 4.69) is 189 Å². The van der Waals surface area contributed by atoms with Crippen molar-refractivity contribution in [2.75, 3.05) is 4.90 Å². The summed E-state index contributed by atoms with van der Waals surface area (Å²) in [7, 11) is 0. The highest BCUT2D eigenvalue weighted by Crippen LogP contribution is 2.55. The van der Waals surface area contributed by atoms with Gasteiger partial charge in [0.2, 0.25) is 0 Å². The van der Waals surface area contributed by atoms with E-state index in [1.807, 2.05) is 11.3 Å². The second-order valence-electron chi connectivity index (χ2n) is 14.5. The molecular formula is C49H37NS. The Kier molecular flexibility index (Phi) is 6.91. The highest BCUT2D eigenvalue weighted by Gasteiger charge is 2.38. The van der Waals surface area contributed by atoms with Crippen molar-refractivity contribution >= 4 is 49.0 Å². The lowest BCUT2D eigenvalue weighted by molar-refractivity contribution is 0.660. The largest absolute Gasteiger partial charge is 0.334 e. The summed E-state index contributed by atoms with van der Waals surface area (Å²) in [5, 5.41) is 2.71. The van der Waals surface area contributed by atoms with Crippen LogP contribution in [-0.4, -0.2) is 0 Å². The standard InChI is InChI=1S/C49H37NS/c1-49(2)43-28-26-38(31-42(43)47-44(49)29-27-41-40-19-8-9-21-46(40)51-48(41)47)50(45-20-11-15-34-14-6-7-18-39(34)45)37-24-22-33(23-25-37)36-17-10-16-35(30-36)32-12-4-3-5-13-32/h3-19,21-31,45H,20H2,1-2H3. The molecule has 0 amide bonds. The van der Waals surface area contributed by atoms with Crippen LogP contribution in [0.1, 0.15) is 48.6 Å². The van der Waals surface area contributed by atoms with E-state index in [0.717, 1.165) is 6.42 Å². The average molecular weight is 672 g/mol. The zero-order valence-corrected chi connectivity index (χ0v) is 29.6. The molecule has 0 radical (unpaired) electrons. The average Bonchev–Trinajstić information content (AvgIpc) is 3.67. The summed E-state index contributed by atoms with van der Waals surface area (Å²) in [6.45, 7) is 4.78. The third kappa shape index (κ3) is 4.82. The molecule has 10 rings (SSSR count). The van der Waals surface area contributed by atoms with E-state index in [-0.39, 0.29) is 11.5 Å². The molecule has 0 saturated carbocycles. The third-order valence-corrected chi connectivity index (χ3v) is 12.4. The fraction of sp³-hybridized carbons (Fsp3) is 0.102. The van der Waals surface area contributed by atoms with Crippen molar-refractivity contribution < 1.29 is 0 Å². The van der Waals surface area contributed by atoms with Gasteiger partial charge in [0, 0.05) is 42.5 Å². The predicted molar refractivity (Wildman–Crippen MR) is 219 cm³/mol. The van der Waals surface area contributed by atoms with Crippen molar-refractivity contribution in [1.82, 2.24) is 0 Å². The molecule has 244 valence electrons. The van der Waals surface area contributed by atoms with Crippen LogP contribution in [0.2, 0.25) is 0 Å². The lowest BCUT2D eigenvalue weighted by atomic mass is 9.82. The van der Waals surface area contributed by atoms with Gasteiger partial charge in [0.1, 0.15) is 0 Å². The van der Waals surface area contributed by atoms with E-state index in [1.165, 1.54) is 87.2 Å². The fourth-order valence-corrected chi connectivity index (χ4v) is 9.91. The molecule has 0 aliphatic heterocycles. The van der Waals surface area contributed by atoms with Gasteiger partial charge in [-0.15, -0.1) is 11.3 Å². The minimum atomic E-state index is -0.0749. The van der Waals surface area contributed by atoms with Crippen LogP contribution in [-0.2, 0) is 5.41 Å². The molecule has 0 saturated heterocycles. The molecule has 0 N–H and O–H groups in total. The first kappa shape index (κ1) is 30.2. The van der Waals surface area contributed by atoms with E-state index in [9.17, 15) is 0 Å². The zero-order valence-electron chi connectivity index (χ0n) is 28.8. The van der Waals surface area contributed by atoms with Crippen LogP contribution in [0.5, 0.6) is 0 Å². The molecule has 7 aromatic carbocycles. The molecule has 1 heterocycles. The summed E-state index contributed by atoms with van der Waals surface area (Å²) in [6.07, 6.45) is 5.57. The Morgan fingerprint density at radius 2 is 1.25 bits per heavy atom. The van der Waals surface area contributed by atoms with Crippen LogP contribution >= 0.6 is 11.3 Å². The number of benzene rings is 7. The van der Waals surface area contributed by atoms with Crippen molar-refractivity contribution in [2.24, 2.45) is 0 Å². The first-order valence-electron chi connectivity index (χ1n) is 17.9. The summed E-state index contributed by atoms with van der Waals surface area (Å²) >= 11 is 1.94. The minimum Gasteiger partial charge on any atom is -0.334 e. The van der Waals surface area contributed by atoms with Gasteiger partial charge in [0.25, 0.3) is 0 Å². The summed E-state index contributed by atoms with van der Waals surface area (Å²) in [4.78, 5) is 2.59. The molecule has 8 aromatic rings. The molecule has 2 aliphatic carbocycles. The second kappa shape index (κ2) is 11.7. The van der Waals surface area contributed by atoms with Crippen LogP contribution in [0.25, 0.3) is 59.6 Å². The van der Waals surface area contributed by atoms with Crippen molar-refractivity contribution in [3.8, 4) is 33.4 Å². The SMILES string of the molecule is CC1(C)c2ccc(N(c3ccc(-c4cccc(-c5ccccc5)c4)cc3)C3CC=Cc4ccccc43)cc2-c2c1ccc1c2sc2ccccc21. The van der Waals surface area contributed by atoms with Crippen molar-refractivity contribution in [2.45, 2.75) is 31.7 Å². The summed E-state index contributed by atoms with van der Waals surface area (Å²) < 4.78 is 2.75. The molecule has 2 aliphatic rings. The topological polar surface area (TPSA) is 3.24 Å². The highest BCUT2D eigenvalue weighted by atomic mass is 32.1. The lowest BCUT2D eigenvalue weighted by Crippen LogP contribution is -2.25. The Labute approximate surface area is 303 Å². The monoisotopic (exact) mass is 671 g/mol. The molecule has 51 heavy (non-hydrogen) atoms. The molecule has 1 atom stereocenters. The Morgan fingerprint density at radius 3 is 2.10 bits per heavy atom. The number of fused-ring (bicyclic) bond motifs is 8. The van der Waals surface area contributed by atoms with Crippen molar-refractivity contribution in [3.63, 3.8) is 0 Å². The number of anilines is 2. The molecule has 0 fully saturated rings. The summed E-state index contributed by atoms with van der Waals surface area (Å²) in [5.41, 5.74) is 15.5. The van der Waals surface area contributed by atoms with Gasteiger partial charge < -0.3 is 4.90 Å². The molecule has 2 heteroatoms. The summed E-state index contributed by atoms with van der Waals surface area (Å²) in [6, 6.07) is 58.7. The van der Waals surface area contributed by atoms with E-state index >= 15 is 0 Å². The smallest absolute Gasteiger partial charge is 0.0631 e. The van der Waals surface area contributed by atoms with E-state index < -0.39 is 0 Å². The molecule has 0 spiro atoms. The predicted octanol–water partition coefficient (Wildman–Crippen LogP) is 14.0. The van der Waals surface area contributed by atoms with Gasteiger partial charge in [-0.05, 0) is 92.9 Å². The van der Waals surface area contributed by atoms with Gasteiger partial charge in [-0.2, -0.15) is 0 Å². The van der Waals surface area contributed by atoms with Crippen LogP contribution in [0.15, 0.2) is 164 Å². The van der Waals surface area contributed by atoms with Crippen LogP contribution < -0.4 is 4.90 Å². The number of hydrogen-bond acceptors (Lipinski definition) is 2. The Bertz CT molecular complexity index is 2640. The van der Waals surface area contributed by atoms with E-state index in [4.69, 9.17) is 0 Å². The maximum absolute atomic E-state index is 2.59. The number of nitrogens with zero attached hydrogens (tertiary/aromatic N) is 1. The quantitative estimate of drug-likeness (QED) is 0.176. The Morgan fingerprint density at radius 1 is 0.569 bits per heavy atom. The Hall–Kier alpha value is -5.70. The second-order valence-corrected chi connectivity index (χ2v) is 15.5. The zero-order chi connectivity index (χ0) is 34.1. The Balaban J connectivity index is 1.12. The highest BCUT2D eigenvalue weighted by molar-refractivity contribution is 7.26. The van der Waals surface area contributed by atoms with Crippen LogP contribution in [0.4, 0.5) is 11.4 Å². The molecular weight excluding hydrogens is 635 g/mol. The van der Waals surface area contributed by atoms with Gasteiger partial charge in [0.05, 0.1) is 6.04 Å². The molecule has 1 nitrogen and oxygen atoms in total. The van der Waals surface area contributed by atoms with Crippen molar-refractivity contribution in [1.29, 1.82) is 0 Å². The molecule has 1 unspecified atom stereocenters. The lowest BCUT2D eigenvalue weighted by Gasteiger charge is -2.36. The maximum atomic E-state index is 2.59. The van der Waals surface area contributed by atoms with Crippen molar-refractivity contribution in [3.05, 3.63) is 186 Å². The normalized spacial score (nSPS) is 15.5. The van der Waals surface area contributed by atoms with Gasteiger partial charge in [-0.25, -0.2) is 0 Å². The van der Waals surface area contributed by atoms with Gasteiger partial charge in [0.15, 0.2) is 0 Å².